The Morgan fingerprint density at radius 1 is 1.14 bits per heavy atom. The molecule has 0 aromatic heterocycles. The molecule has 0 unspecified atom stereocenters. The van der Waals surface area contributed by atoms with E-state index in [0.717, 1.165) is 0 Å². The fourth-order valence-electron chi connectivity index (χ4n) is 2.10. The van der Waals surface area contributed by atoms with Crippen LogP contribution < -0.4 is 10.1 Å². The van der Waals surface area contributed by atoms with Gasteiger partial charge in [-0.3, -0.25) is 4.79 Å². The molecule has 0 saturated carbocycles. The van der Waals surface area contributed by atoms with Crippen LogP contribution in [0.1, 0.15) is 22.0 Å². The highest BCUT2D eigenvalue weighted by Crippen LogP contribution is 2.20. The van der Waals surface area contributed by atoms with Crippen molar-refractivity contribution in [3.63, 3.8) is 0 Å². The highest BCUT2D eigenvalue weighted by atomic mass is 16.5. The first kappa shape index (κ1) is 16.0. The first-order valence-electron chi connectivity index (χ1n) is 6.94. The number of hydrogen-bond donors (Lipinski definition) is 3. The van der Waals surface area contributed by atoms with Crippen molar-refractivity contribution in [3.05, 3.63) is 65.7 Å². The Labute approximate surface area is 129 Å². The second kappa shape index (κ2) is 7.59. The van der Waals surface area contributed by atoms with Gasteiger partial charge in [-0.25, -0.2) is 0 Å². The van der Waals surface area contributed by atoms with Gasteiger partial charge in [-0.2, -0.15) is 0 Å². The molecule has 0 fully saturated rings. The first-order valence-corrected chi connectivity index (χ1v) is 6.94. The van der Waals surface area contributed by atoms with Crippen molar-refractivity contribution in [3.8, 4) is 5.75 Å². The van der Waals surface area contributed by atoms with Gasteiger partial charge in [0.1, 0.15) is 11.9 Å². The zero-order chi connectivity index (χ0) is 15.9. The molecule has 0 aliphatic heterocycles. The van der Waals surface area contributed by atoms with E-state index >= 15 is 0 Å². The van der Waals surface area contributed by atoms with Crippen molar-refractivity contribution in [2.24, 2.45) is 0 Å². The molecule has 0 radical (unpaired) electrons. The summed E-state index contributed by atoms with van der Waals surface area (Å²) in [5, 5.41) is 22.4. The Bertz CT molecular complexity index is 598. The number of ether oxygens (including phenoxy) is 1. The fourth-order valence-corrected chi connectivity index (χ4v) is 2.10. The van der Waals surface area contributed by atoms with Gasteiger partial charge in [0.15, 0.2) is 0 Å². The van der Waals surface area contributed by atoms with Crippen LogP contribution in [0.3, 0.4) is 0 Å². The molecule has 3 N–H and O–H groups in total. The SMILES string of the molecule is COc1ccc([C@@H](O)[C@@H](CO)NC(=O)c2ccccc2)cc1. The molecule has 0 heterocycles. The molecule has 2 aromatic rings. The third-order valence-electron chi connectivity index (χ3n) is 3.39. The van der Waals surface area contributed by atoms with E-state index in [1.807, 2.05) is 6.07 Å². The molecule has 0 aliphatic rings. The summed E-state index contributed by atoms with van der Waals surface area (Å²) in [5.74, 6) is 0.331. The minimum absolute atomic E-state index is 0.341. The van der Waals surface area contributed by atoms with Gasteiger partial charge >= 0.3 is 0 Å². The minimum atomic E-state index is -1.01. The lowest BCUT2D eigenvalue weighted by Gasteiger charge is -2.22. The molecule has 1 amide bonds. The number of aliphatic hydroxyl groups is 2. The van der Waals surface area contributed by atoms with Crippen molar-refractivity contribution in [2.75, 3.05) is 13.7 Å². The monoisotopic (exact) mass is 301 g/mol. The molecule has 2 rings (SSSR count). The second-order valence-corrected chi connectivity index (χ2v) is 4.85. The number of amides is 1. The standard InChI is InChI=1S/C17H19NO4/c1-22-14-9-7-12(8-10-14)16(20)15(11-19)18-17(21)13-5-3-2-4-6-13/h2-10,15-16,19-20H,11H2,1H3,(H,18,21)/t15-,16-/m1/s1. The van der Waals surface area contributed by atoms with Gasteiger partial charge in [0.05, 0.1) is 19.8 Å². The van der Waals surface area contributed by atoms with E-state index in [2.05, 4.69) is 5.32 Å². The molecular formula is C17H19NO4. The highest BCUT2D eigenvalue weighted by molar-refractivity contribution is 5.94. The smallest absolute Gasteiger partial charge is 0.251 e. The highest BCUT2D eigenvalue weighted by Gasteiger charge is 2.22. The van der Waals surface area contributed by atoms with Crippen molar-refractivity contribution < 1.29 is 19.7 Å². The molecule has 0 saturated heterocycles. The van der Waals surface area contributed by atoms with Crippen molar-refractivity contribution >= 4 is 5.91 Å². The van der Waals surface area contributed by atoms with E-state index in [-0.39, 0.29) is 12.5 Å². The molecule has 5 heteroatoms. The Kier molecular flexibility index (Phi) is 5.52. The topological polar surface area (TPSA) is 78.8 Å². The van der Waals surface area contributed by atoms with Crippen molar-refractivity contribution in [2.45, 2.75) is 12.1 Å². The van der Waals surface area contributed by atoms with Gasteiger partial charge in [0.2, 0.25) is 0 Å². The lowest BCUT2D eigenvalue weighted by Crippen LogP contribution is -2.41. The maximum absolute atomic E-state index is 12.1. The predicted molar refractivity (Wildman–Crippen MR) is 82.7 cm³/mol. The average Bonchev–Trinajstić information content (AvgIpc) is 2.59. The van der Waals surface area contributed by atoms with Gasteiger partial charge in [0.25, 0.3) is 5.91 Å². The van der Waals surface area contributed by atoms with Crippen LogP contribution in [0.4, 0.5) is 0 Å². The predicted octanol–water partition coefficient (Wildman–Crippen LogP) is 1.52. The largest absolute Gasteiger partial charge is 0.497 e. The molecule has 0 bridgehead atoms. The molecule has 2 atom stereocenters. The summed E-state index contributed by atoms with van der Waals surface area (Å²) in [4.78, 5) is 12.1. The van der Waals surface area contributed by atoms with Crippen LogP contribution in [0.25, 0.3) is 0 Å². The van der Waals surface area contributed by atoms with Crippen LogP contribution in [-0.4, -0.2) is 35.9 Å². The van der Waals surface area contributed by atoms with Gasteiger partial charge in [-0.1, -0.05) is 30.3 Å². The number of benzene rings is 2. The number of aliphatic hydroxyl groups excluding tert-OH is 2. The normalized spacial score (nSPS) is 13.2. The van der Waals surface area contributed by atoms with E-state index in [4.69, 9.17) is 4.74 Å². The lowest BCUT2D eigenvalue weighted by atomic mass is 10.0. The van der Waals surface area contributed by atoms with E-state index in [1.54, 1.807) is 55.6 Å². The Morgan fingerprint density at radius 3 is 2.32 bits per heavy atom. The molecule has 116 valence electrons. The van der Waals surface area contributed by atoms with Crippen LogP contribution in [0.2, 0.25) is 0 Å². The first-order chi connectivity index (χ1) is 10.7. The minimum Gasteiger partial charge on any atom is -0.497 e. The van der Waals surface area contributed by atoms with Gasteiger partial charge in [0, 0.05) is 5.56 Å². The number of carbonyl (C=O) groups excluding carboxylic acids is 1. The summed E-state index contributed by atoms with van der Waals surface area (Å²) < 4.78 is 5.06. The third-order valence-corrected chi connectivity index (χ3v) is 3.39. The number of nitrogens with one attached hydrogen (secondary N) is 1. The number of methoxy groups -OCH3 is 1. The zero-order valence-corrected chi connectivity index (χ0v) is 12.3. The Hall–Kier alpha value is -2.37. The van der Waals surface area contributed by atoms with Crippen molar-refractivity contribution in [1.29, 1.82) is 0 Å². The van der Waals surface area contributed by atoms with Crippen molar-refractivity contribution in [1.82, 2.24) is 5.32 Å². The quantitative estimate of drug-likeness (QED) is 0.756. The maximum Gasteiger partial charge on any atom is 0.251 e. The number of rotatable bonds is 6. The summed E-state index contributed by atoms with van der Waals surface area (Å²) in [6.45, 7) is -0.369. The summed E-state index contributed by atoms with van der Waals surface area (Å²) in [6, 6.07) is 14.7. The average molecular weight is 301 g/mol. The maximum atomic E-state index is 12.1. The van der Waals surface area contributed by atoms with E-state index in [1.165, 1.54) is 0 Å². The Balaban J connectivity index is 2.08. The van der Waals surface area contributed by atoms with Gasteiger partial charge < -0.3 is 20.3 Å². The van der Waals surface area contributed by atoms with Crippen LogP contribution in [0, 0.1) is 0 Å². The summed E-state index contributed by atoms with van der Waals surface area (Å²) in [7, 11) is 1.56. The number of hydrogen-bond acceptors (Lipinski definition) is 4. The summed E-state index contributed by atoms with van der Waals surface area (Å²) in [5.41, 5.74) is 1.07. The molecule has 2 aromatic carbocycles. The third kappa shape index (κ3) is 3.84. The van der Waals surface area contributed by atoms with Crippen LogP contribution in [0.15, 0.2) is 54.6 Å². The summed E-state index contributed by atoms with van der Waals surface area (Å²) in [6.07, 6.45) is -1.01. The summed E-state index contributed by atoms with van der Waals surface area (Å²) >= 11 is 0. The number of carbonyl (C=O) groups is 1. The van der Waals surface area contributed by atoms with Crippen LogP contribution in [-0.2, 0) is 0 Å². The van der Waals surface area contributed by atoms with E-state index in [0.29, 0.717) is 16.9 Å². The van der Waals surface area contributed by atoms with Gasteiger partial charge in [-0.15, -0.1) is 0 Å². The molecule has 0 aliphatic carbocycles. The fraction of sp³-hybridized carbons (Fsp3) is 0.235. The molecule has 0 spiro atoms. The van der Waals surface area contributed by atoms with E-state index in [9.17, 15) is 15.0 Å². The zero-order valence-electron chi connectivity index (χ0n) is 12.3. The lowest BCUT2D eigenvalue weighted by molar-refractivity contribution is 0.0703. The van der Waals surface area contributed by atoms with Crippen LogP contribution >= 0.6 is 0 Å². The van der Waals surface area contributed by atoms with Gasteiger partial charge in [-0.05, 0) is 29.8 Å². The molecule has 22 heavy (non-hydrogen) atoms. The van der Waals surface area contributed by atoms with Crippen LogP contribution in [0.5, 0.6) is 5.75 Å². The Morgan fingerprint density at radius 2 is 1.77 bits per heavy atom. The molecular weight excluding hydrogens is 282 g/mol. The van der Waals surface area contributed by atoms with E-state index < -0.39 is 12.1 Å². The second-order valence-electron chi connectivity index (χ2n) is 4.85. The molecule has 5 nitrogen and oxygen atoms in total.